The Labute approximate surface area is 162 Å². The summed E-state index contributed by atoms with van der Waals surface area (Å²) in [6.45, 7) is 3.04. The van der Waals surface area contributed by atoms with Gasteiger partial charge in [0.05, 0.1) is 16.6 Å². The molecule has 0 atom stereocenters. The molecule has 2 aromatic carbocycles. The summed E-state index contributed by atoms with van der Waals surface area (Å²) in [6.07, 6.45) is 1.08. The molecule has 0 saturated carbocycles. The largest absolute Gasteiger partial charge is 0.329 e. The van der Waals surface area contributed by atoms with Crippen LogP contribution in [-0.2, 0) is 17.9 Å². The lowest BCUT2D eigenvalue weighted by Gasteiger charge is -2.06. The van der Waals surface area contributed by atoms with E-state index in [4.69, 9.17) is 0 Å². The van der Waals surface area contributed by atoms with Crippen molar-refractivity contribution in [2.24, 2.45) is 0 Å². The Morgan fingerprint density at radius 3 is 2.36 bits per heavy atom. The predicted molar refractivity (Wildman–Crippen MR) is 111 cm³/mol. The number of nitrogens with zero attached hydrogens (tertiary/aromatic N) is 3. The van der Waals surface area contributed by atoms with Crippen molar-refractivity contribution in [3.8, 4) is 0 Å². The summed E-state index contributed by atoms with van der Waals surface area (Å²) in [5.74, 6) is 0.353. The molecule has 0 spiro atoms. The van der Waals surface area contributed by atoms with Crippen LogP contribution in [0.5, 0.6) is 0 Å². The van der Waals surface area contributed by atoms with Crippen molar-refractivity contribution >= 4 is 33.7 Å². The molecule has 2 aromatic heterocycles. The van der Waals surface area contributed by atoms with Crippen LogP contribution in [0.4, 0.5) is 5.82 Å². The maximum atomic E-state index is 12.8. The summed E-state index contributed by atoms with van der Waals surface area (Å²) in [6, 6.07) is 19.2. The van der Waals surface area contributed by atoms with Crippen LogP contribution in [0.1, 0.15) is 19.8 Å². The van der Waals surface area contributed by atoms with Gasteiger partial charge in [-0.25, -0.2) is 9.78 Å². The number of amides is 1. The van der Waals surface area contributed by atoms with Crippen molar-refractivity contribution in [3.63, 3.8) is 0 Å². The minimum absolute atomic E-state index is 0.0697. The van der Waals surface area contributed by atoms with Gasteiger partial charge in [0.1, 0.15) is 5.82 Å². The fraction of sp³-hybridized carbons (Fsp3) is 0.227. The molecule has 0 radical (unpaired) electrons. The molecule has 4 aromatic rings. The van der Waals surface area contributed by atoms with Crippen LogP contribution >= 0.6 is 0 Å². The smallest absolute Gasteiger partial charge is 0.311 e. The predicted octanol–water partition coefficient (Wildman–Crippen LogP) is 3.79. The van der Waals surface area contributed by atoms with E-state index < -0.39 is 0 Å². The lowest BCUT2D eigenvalue weighted by Crippen LogP contribution is -2.26. The second kappa shape index (κ2) is 7.68. The van der Waals surface area contributed by atoms with Gasteiger partial charge in [0.2, 0.25) is 5.91 Å². The zero-order chi connectivity index (χ0) is 19.5. The van der Waals surface area contributed by atoms with Crippen molar-refractivity contribution in [3.05, 3.63) is 71.1 Å². The van der Waals surface area contributed by atoms with Crippen LogP contribution in [0.15, 0.2) is 65.5 Å². The minimum atomic E-state index is -0.165. The third-order valence-corrected chi connectivity index (χ3v) is 4.80. The Hall–Kier alpha value is -3.41. The van der Waals surface area contributed by atoms with E-state index in [-0.39, 0.29) is 18.0 Å². The molecule has 0 bridgehead atoms. The third kappa shape index (κ3) is 3.41. The highest BCUT2D eigenvalue weighted by Crippen LogP contribution is 2.16. The van der Waals surface area contributed by atoms with Crippen LogP contribution in [0.25, 0.3) is 21.9 Å². The highest BCUT2D eigenvalue weighted by molar-refractivity contribution is 5.91. The van der Waals surface area contributed by atoms with E-state index in [1.807, 2.05) is 61.5 Å². The van der Waals surface area contributed by atoms with Gasteiger partial charge in [-0.1, -0.05) is 37.3 Å². The number of fused-ring (bicyclic) bond motifs is 2. The van der Waals surface area contributed by atoms with Crippen LogP contribution in [0.2, 0.25) is 0 Å². The van der Waals surface area contributed by atoms with Gasteiger partial charge in [-0.15, -0.1) is 0 Å². The molecule has 142 valence electrons. The summed E-state index contributed by atoms with van der Waals surface area (Å²) in [5, 5.41) is 3.86. The van der Waals surface area contributed by atoms with Crippen LogP contribution in [0, 0.1) is 0 Å². The number of carbonyl (C=O) groups excluding carboxylic acids is 1. The molecule has 0 aliphatic heterocycles. The van der Waals surface area contributed by atoms with E-state index >= 15 is 0 Å². The van der Waals surface area contributed by atoms with Gasteiger partial charge in [-0.2, -0.15) is 0 Å². The number of anilines is 1. The molecule has 0 aliphatic carbocycles. The fourth-order valence-corrected chi connectivity index (χ4v) is 3.48. The molecule has 2 heterocycles. The number of para-hydroxylation sites is 3. The topological polar surface area (TPSA) is 68.9 Å². The fourth-order valence-electron chi connectivity index (χ4n) is 3.48. The van der Waals surface area contributed by atoms with Gasteiger partial charge >= 0.3 is 5.69 Å². The molecule has 0 fully saturated rings. The SMILES string of the molecule is CCCn1c(=O)n(CCC(=O)Nc2ccc3ccccc3n2)c2ccccc21. The van der Waals surface area contributed by atoms with Crippen molar-refractivity contribution in [2.75, 3.05) is 5.32 Å². The molecule has 1 N–H and O–H groups in total. The average Bonchev–Trinajstić information content (AvgIpc) is 2.98. The molecule has 4 rings (SSSR count). The van der Waals surface area contributed by atoms with Crippen molar-refractivity contribution in [1.82, 2.24) is 14.1 Å². The van der Waals surface area contributed by atoms with Crippen LogP contribution in [-0.4, -0.2) is 20.0 Å². The zero-order valence-corrected chi connectivity index (χ0v) is 15.8. The van der Waals surface area contributed by atoms with Crippen molar-refractivity contribution in [1.29, 1.82) is 0 Å². The Morgan fingerprint density at radius 2 is 1.61 bits per heavy atom. The first kappa shape index (κ1) is 18.0. The summed E-state index contributed by atoms with van der Waals surface area (Å²) in [7, 11) is 0. The minimum Gasteiger partial charge on any atom is -0.311 e. The average molecular weight is 374 g/mol. The summed E-state index contributed by atoms with van der Waals surface area (Å²) < 4.78 is 3.45. The number of benzene rings is 2. The van der Waals surface area contributed by atoms with Crippen LogP contribution in [0.3, 0.4) is 0 Å². The Kier molecular flexibility index (Phi) is 4.93. The number of nitrogens with one attached hydrogen (secondary N) is 1. The number of aryl methyl sites for hydroxylation is 2. The van der Waals surface area contributed by atoms with E-state index in [9.17, 15) is 9.59 Å². The highest BCUT2D eigenvalue weighted by Gasteiger charge is 2.13. The summed E-state index contributed by atoms with van der Waals surface area (Å²) >= 11 is 0. The maximum Gasteiger partial charge on any atom is 0.329 e. The number of imidazole rings is 1. The van der Waals surface area contributed by atoms with Crippen molar-refractivity contribution in [2.45, 2.75) is 32.9 Å². The molecule has 0 unspecified atom stereocenters. The van der Waals surface area contributed by atoms with E-state index in [2.05, 4.69) is 10.3 Å². The van der Waals surface area contributed by atoms with E-state index in [0.717, 1.165) is 28.4 Å². The third-order valence-electron chi connectivity index (χ3n) is 4.80. The molecule has 1 amide bonds. The summed E-state index contributed by atoms with van der Waals surface area (Å²) in [5.41, 5.74) is 2.53. The van der Waals surface area contributed by atoms with E-state index in [1.54, 1.807) is 15.2 Å². The number of pyridine rings is 1. The molecular weight excluding hydrogens is 352 g/mol. The number of hydrogen-bond acceptors (Lipinski definition) is 3. The molecule has 6 nitrogen and oxygen atoms in total. The molecule has 6 heteroatoms. The van der Waals surface area contributed by atoms with Crippen molar-refractivity contribution < 1.29 is 4.79 Å². The van der Waals surface area contributed by atoms with Gasteiger partial charge in [0.25, 0.3) is 0 Å². The number of carbonyl (C=O) groups is 1. The van der Waals surface area contributed by atoms with Crippen LogP contribution < -0.4 is 11.0 Å². The lowest BCUT2D eigenvalue weighted by molar-refractivity contribution is -0.116. The Bertz CT molecular complexity index is 1210. The second-order valence-electron chi connectivity index (χ2n) is 6.76. The first-order valence-electron chi connectivity index (χ1n) is 9.51. The monoisotopic (exact) mass is 374 g/mol. The first-order chi connectivity index (χ1) is 13.7. The lowest BCUT2D eigenvalue weighted by atomic mass is 10.2. The van der Waals surface area contributed by atoms with E-state index in [1.165, 1.54) is 0 Å². The number of aromatic nitrogens is 3. The highest BCUT2D eigenvalue weighted by atomic mass is 16.2. The Balaban J connectivity index is 1.51. The normalized spacial score (nSPS) is 11.2. The van der Waals surface area contributed by atoms with Gasteiger partial charge in [0.15, 0.2) is 0 Å². The van der Waals surface area contributed by atoms with Gasteiger partial charge in [0, 0.05) is 24.9 Å². The molecule has 0 saturated heterocycles. The standard InChI is InChI=1S/C22H22N4O2/c1-2-14-25-18-9-5-6-10-19(18)26(22(25)28)15-13-21(27)24-20-12-11-16-7-3-4-8-17(16)23-20/h3-12H,2,13-15H2,1H3,(H,23,24,27). The summed E-state index contributed by atoms with van der Waals surface area (Å²) in [4.78, 5) is 29.7. The first-order valence-corrected chi connectivity index (χ1v) is 9.51. The number of hydrogen-bond donors (Lipinski definition) is 1. The second-order valence-corrected chi connectivity index (χ2v) is 6.76. The van der Waals surface area contributed by atoms with E-state index in [0.29, 0.717) is 18.9 Å². The maximum absolute atomic E-state index is 12.8. The van der Waals surface area contributed by atoms with Gasteiger partial charge < -0.3 is 5.32 Å². The Morgan fingerprint density at radius 1 is 0.929 bits per heavy atom. The molecular formula is C22H22N4O2. The molecule has 0 aliphatic rings. The molecule has 28 heavy (non-hydrogen) atoms. The number of rotatable bonds is 6. The van der Waals surface area contributed by atoms with Gasteiger partial charge in [-0.05, 0) is 36.8 Å². The zero-order valence-electron chi connectivity index (χ0n) is 15.8. The van der Waals surface area contributed by atoms with Gasteiger partial charge in [-0.3, -0.25) is 13.9 Å². The quantitative estimate of drug-likeness (QED) is 0.558.